The van der Waals surface area contributed by atoms with Crippen molar-refractivity contribution >= 4 is 35.6 Å². The average molecular weight is 303 g/mol. The molecular formula is C11H15Cl3FNO. The number of rotatable bonds is 4. The molecule has 0 aliphatic rings. The Bertz CT molecular complexity index is 376. The fourth-order valence-corrected chi connectivity index (χ4v) is 1.95. The van der Waals surface area contributed by atoms with Gasteiger partial charge in [-0.25, -0.2) is 4.39 Å². The quantitative estimate of drug-likeness (QED) is 0.833. The number of nitrogens with two attached hydrogens (primary N) is 1. The van der Waals surface area contributed by atoms with Crippen LogP contribution in [0.2, 0.25) is 10.0 Å². The first kappa shape index (κ1) is 16.9. The lowest BCUT2D eigenvalue weighted by Gasteiger charge is -2.20. The number of benzene rings is 1. The molecule has 1 rings (SSSR count). The summed E-state index contributed by atoms with van der Waals surface area (Å²) < 4.78 is 13.7. The summed E-state index contributed by atoms with van der Waals surface area (Å²) in [7, 11) is 0. The minimum absolute atomic E-state index is 0. The van der Waals surface area contributed by atoms with Gasteiger partial charge in [-0.05, 0) is 18.6 Å². The van der Waals surface area contributed by atoms with Gasteiger partial charge in [-0.15, -0.1) is 12.4 Å². The standard InChI is InChI=1S/C11H14Cl2FNO.ClH/c1-2-3-8(16)11(15)9-6(12)4-5-7(13)10(9)14;/h4-5,8,11,16H,2-3,15H2,1H3;1H/t8-,11-;/m1./s1. The molecule has 17 heavy (non-hydrogen) atoms. The summed E-state index contributed by atoms with van der Waals surface area (Å²) in [5.74, 6) is -0.656. The van der Waals surface area contributed by atoms with E-state index in [9.17, 15) is 9.50 Å². The maximum atomic E-state index is 13.7. The van der Waals surface area contributed by atoms with Crippen LogP contribution >= 0.6 is 35.6 Å². The highest BCUT2D eigenvalue weighted by atomic mass is 35.5. The van der Waals surface area contributed by atoms with E-state index < -0.39 is 18.0 Å². The predicted molar refractivity (Wildman–Crippen MR) is 71.5 cm³/mol. The molecule has 1 aromatic carbocycles. The molecule has 0 amide bonds. The van der Waals surface area contributed by atoms with Crippen LogP contribution in [-0.4, -0.2) is 11.2 Å². The highest BCUT2D eigenvalue weighted by Crippen LogP contribution is 2.31. The third kappa shape index (κ3) is 3.97. The van der Waals surface area contributed by atoms with Crippen molar-refractivity contribution in [2.24, 2.45) is 5.73 Å². The molecule has 0 spiro atoms. The van der Waals surface area contributed by atoms with Gasteiger partial charge in [0, 0.05) is 10.6 Å². The van der Waals surface area contributed by atoms with Crippen LogP contribution in [0.4, 0.5) is 4.39 Å². The van der Waals surface area contributed by atoms with E-state index in [1.807, 2.05) is 6.92 Å². The highest BCUT2D eigenvalue weighted by Gasteiger charge is 2.23. The van der Waals surface area contributed by atoms with Crippen LogP contribution in [0.1, 0.15) is 31.4 Å². The zero-order chi connectivity index (χ0) is 12.3. The molecule has 0 saturated heterocycles. The van der Waals surface area contributed by atoms with Gasteiger partial charge in [0.15, 0.2) is 0 Å². The summed E-state index contributed by atoms with van der Waals surface area (Å²) in [4.78, 5) is 0. The number of hydrogen-bond acceptors (Lipinski definition) is 2. The lowest BCUT2D eigenvalue weighted by atomic mass is 9.98. The van der Waals surface area contributed by atoms with Crippen molar-refractivity contribution in [3.05, 3.63) is 33.6 Å². The van der Waals surface area contributed by atoms with Gasteiger partial charge in [-0.1, -0.05) is 36.5 Å². The molecule has 2 atom stereocenters. The van der Waals surface area contributed by atoms with Crippen LogP contribution in [0.15, 0.2) is 12.1 Å². The van der Waals surface area contributed by atoms with Gasteiger partial charge in [0.25, 0.3) is 0 Å². The van der Waals surface area contributed by atoms with E-state index in [0.717, 1.165) is 6.42 Å². The highest BCUT2D eigenvalue weighted by molar-refractivity contribution is 6.33. The molecule has 2 nitrogen and oxygen atoms in total. The fraction of sp³-hybridized carbons (Fsp3) is 0.455. The molecule has 0 aliphatic heterocycles. The van der Waals surface area contributed by atoms with E-state index in [0.29, 0.717) is 6.42 Å². The van der Waals surface area contributed by atoms with Crippen molar-refractivity contribution in [2.45, 2.75) is 31.9 Å². The number of aliphatic hydroxyl groups excluding tert-OH is 1. The van der Waals surface area contributed by atoms with Gasteiger partial charge in [-0.3, -0.25) is 0 Å². The molecule has 0 aliphatic carbocycles. The smallest absolute Gasteiger partial charge is 0.148 e. The van der Waals surface area contributed by atoms with E-state index in [1.165, 1.54) is 12.1 Å². The topological polar surface area (TPSA) is 46.2 Å². The maximum absolute atomic E-state index is 13.7. The van der Waals surface area contributed by atoms with E-state index in [-0.39, 0.29) is 28.0 Å². The van der Waals surface area contributed by atoms with Crippen molar-refractivity contribution < 1.29 is 9.50 Å². The van der Waals surface area contributed by atoms with E-state index in [2.05, 4.69) is 0 Å². The maximum Gasteiger partial charge on any atom is 0.148 e. The summed E-state index contributed by atoms with van der Waals surface area (Å²) >= 11 is 11.5. The summed E-state index contributed by atoms with van der Waals surface area (Å²) in [6.45, 7) is 1.91. The Morgan fingerprint density at radius 1 is 1.35 bits per heavy atom. The summed E-state index contributed by atoms with van der Waals surface area (Å²) in [5, 5.41) is 9.86. The number of halogens is 4. The Labute approximate surface area is 116 Å². The van der Waals surface area contributed by atoms with Crippen LogP contribution in [0.5, 0.6) is 0 Å². The van der Waals surface area contributed by atoms with Crippen LogP contribution in [0.3, 0.4) is 0 Å². The Kier molecular flexibility index (Phi) is 7.37. The zero-order valence-corrected chi connectivity index (χ0v) is 11.6. The van der Waals surface area contributed by atoms with Gasteiger partial charge >= 0.3 is 0 Å². The molecule has 0 heterocycles. The summed E-state index contributed by atoms with van der Waals surface area (Å²) in [6.07, 6.45) is 0.424. The first-order chi connectivity index (χ1) is 7.49. The first-order valence-electron chi connectivity index (χ1n) is 5.06. The molecule has 0 unspecified atom stereocenters. The summed E-state index contributed by atoms with van der Waals surface area (Å²) in [6, 6.07) is 1.98. The minimum atomic E-state index is -0.855. The molecule has 0 saturated carbocycles. The third-order valence-corrected chi connectivity index (χ3v) is 3.03. The van der Waals surface area contributed by atoms with E-state index >= 15 is 0 Å². The number of aliphatic hydroxyl groups is 1. The van der Waals surface area contributed by atoms with Crippen molar-refractivity contribution in [2.75, 3.05) is 0 Å². The average Bonchev–Trinajstić information content (AvgIpc) is 2.24. The minimum Gasteiger partial charge on any atom is -0.391 e. The second-order valence-corrected chi connectivity index (χ2v) is 4.45. The zero-order valence-electron chi connectivity index (χ0n) is 9.29. The van der Waals surface area contributed by atoms with Gasteiger partial charge in [-0.2, -0.15) is 0 Å². The fourth-order valence-electron chi connectivity index (χ4n) is 1.52. The van der Waals surface area contributed by atoms with Crippen molar-refractivity contribution in [1.82, 2.24) is 0 Å². The van der Waals surface area contributed by atoms with Crippen LogP contribution in [0, 0.1) is 5.82 Å². The summed E-state index contributed by atoms with van der Waals surface area (Å²) in [5.41, 5.74) is 5.84. The predicted octanol–water partition coefficient (Wildman–Crippen LogP) is 3.72. The van der Waals surface area contributed by atoms with Gasteiger partial charge in [0.05, 0.1) is 17.2 Å². The van der Waals surface area contributed by atoms with Gasteiger partial charge in [0.1, 0.15) is 5.82 Å². The van der Waals surface area contributed by atoms with E-state index in [1.54, 1.807) is 0 Å². The molecule has 0 aromatic heterocycles. The number of hydrogen-bond donors (Lipinski definition) is 2. The monoisotopic (exact) mass is 301 g/mol. The first-order valence-corrected chi connectivity index (χ1v) is 5.81. The Hall–Kier alpha value is -0.0600. The molecule has 0 fully saturated rings. The van der Waals surface area contributed by atoms with Gasteiger partial charge < -0.3 is 10.8 Å². The van der Waals surface area contributed by atoms with Crippen molar-refractivity contribution in [3.8, 4) is 0 Å². The van der Waals surface area contributed by atoms with Crippen LogP contribution in [0.25, 0.3) is 0 Å². The SMILES string of the molecule is CCC[C@@H](O)[C@@H](N)c1c(Cl)ccc(Cl)c1F.Cl. The molecule has 1 aromatic rings. The van der Waals surface area contributed by atoms with Crippen LogP contribution in [-0.2, 0) is 0 Å². The largest absolute Gasteiger partial charge is 0.391 e. The molecule has 3 N–H and O–H groups in total. The molecular weight excluding hydrogens is 287 g/mol. The second-order valence-electron chi connectivity index (χ2n) is 3.64. The van der Waals surface area contributed by atoms with E-state index in [4.69, 9.17) is 28.9 Å². The molecule has 6 heteroatoms. The van der Waals surface area contributed by atoms with Crippen molar-refractivity contribution in [1.29, 1.82) is 0 Å². The lowest BCUT2D eigenvalue weighted by molar-refractivity contribution is 0.133. The molecule has 0 radical (unpaired) electrons. The normalized spacial score (nSPS) is 14.0. The van der Waals surface area contributed by atoms with Crippen molar-refractivity contribution in [3.63, 3.8) is 0 Å². The Morgan fingerprint density at radius 2 is 1.88 bits per heavy atom. The Morgan fingerprint density at radius 3 is 2.41 bits per heavy atom. The van der Waals surface area contributed by atoms with Gasteiger partial charge in [0.2, 0.25) is 0 Å². The third-order valence-electron chi connectivity index (χ3n) is 2.41. The Balaban J connectivity index is 0.00000256. The van der Waals surface area contributed by atoms with Crippen LogP contribution < -0.4 is 5.73 Å². The second kappa shape index (κ2) is 7.39. The lowest BCUT2D eigenvalue weighted by Crippen LogP contribution is -2.27. The molecule has 0 bridgehead atoms. The molecule has 98 valence electrons.